The van der Waals surface area contributed by atoms with Crippen LogP contribution in [0.4, 0.5) is 21.1 Å². The van der Waals surface area contributed by atoms with Crippen LogP contribution in [0, 0.1) is 0 Å². The third-order valence-corrected chi connectivity index (χ3v) is 3.76. The number of ether oxygens (including phenoxy) is 2. The van der Waals surface area contributed by atoms with Crippen LogP contribution in [0.15, 0.2) is 12.3 Å². The number of anilines is 2. The second-order valence-electron chi connectivity index (χ2n) is 8.64. The Morgan fingerprint density at radius 2 is 1.61 bits per heavy atom. The number of nitrogens with one attached hydrogen (secondary N) is 1. The van der Waals surface area contributed by atoms with Crippen molar-refractivity contribution in [3.63, 3.8) is 0 Å². The molecule has 2 heterocycles. The van der Waals surface area contributed by atoms with Gasteiger partial charge in [0, 0.05) is 32.2 Å². The standard InChI is InChI=1S/C19H30N4O5/c1-18(2,3)27-16(25)21-13-11-15(20-12-14(13)24)22-7-9-23(10-8-22)17(26)28-19(4,5)6/h11-12,24H,7-10H2,1-6H3,(H,20,21,25). The van der Waals surface area contributed by atoms with Crippen LogP contribution in [0.5, 0.6) is 5.75 Å². The van der Waals surface area contributed by atoms with E-state index in [1.54, 1.807) is 31.7 Å². The molecule has 0 unspecified atom stereocenters. The largest absolute Gasteiger partial charge is 0.504 e. The third-order valence-electron chi connectivity index (χ3n) is 3.76. The topological polar surface area (TPSA) is 104 Å². The number of piperazine rings is 1. The van der Waals surface area contributed by atoms with Gasteiger partial charge in [0.1, 0.15) is 17.0 Å². The molecular formula is C19H30N4O5. The third kappa shape index (κ3) is 6.47. The van der Waals surface area contributed by atoms with E-state index in [1.165, 1.54) is 6.20 Å². The van der Waals surface area contributed by atoms with Crippen molar-refractivity contribution in [2.75, 3.05) is 36.4 Å². The Kier molecular flexibility index (Phi) is 6.26. The molecule has 1 aliphatic heterocycles. The highest BCUT2D eigenvalue weighted by Crippen LogP contribution is 2.27. The van der Waals surface area contributed by atoms with E-state index in [0.29, 0.717) is 32.0 Å². The Morgan fingerprint density at radius 3 is 2.14 bits per heavy atom. The van der Waals surface area contributed by atoms with Crippen LogP contribution in [0.2, 0.25) is 0 Å². The van der Waals surface area contributed by atoms with Gasteiger partial charge in [-0.05, 0) is 41.5 Å². The molecule has 2 N–H and O–H groups in total. The van der Waals surface area contributed by atoms with Crippen LogP contribution in [0.25, 0.3) is 0 Å². The molecule has 1 aromatic heterocycles. The Bertz CT molecular complexity index is 716. The van der Waals surface area contributed by atoms with Gasteiger partial charge in [0.25, 0.3) is 0 Å². The molecule has 28 heavy (non-hydrogen) atoms. The summed E-state index contributed by atoms with van der Waals surface area (Å²) in [5.41, 5.74) is -0.962. The van der Waals surface area contributed by atoms with Crippen molar-refractivity contribution < 1.29 is 24.2 Å². The number of carbonyl (C=O) groups excluding carboxylic acids is 2. The molecule has 0 saturated carbocycles. The highest BCUT2D eigenvalue weighted by Gasteiger charge is 2.27. The number of hydrogen-bond acceptors (Lipinski definition) is 7. The van der Waals surface area contributed by atoms with E-state index < -0.39 is 17.3 Å². The molecule has 2 amide bonds. The first-order valence-electron chi connectivity index (χ1n) is 9.26. The van der Waals surface area contributed by atoms with Crippen LogP contribution < -0.4 is 10.2 Å². The molecule has 1 aromatic rings. The molecule has 1 fully saturated rings. The predicted molar refractivity (Wildman–Crippen MR) is 106 cm³/mol. The number of pyridine rings is 1. The number of amides is 2. The Balaban J connectivity index is 2.00. The molecule has 2 rings (SSSR count). The normalized spacial score (nSPS) is 15.2. The van der Waals surface area contributed by atoms with Crippen LogP contribution in [-0.4, -0.2) is 64.6 Å². The number of hydrogen-bond donors (Lipinski definition) is 2. The summed E-state index contributed by atoms with van der Waals surface area (Å²) >= 11 is 0. The summed E-state index contributed by atoms with van der Waals surface area (Å²) < 4.78 is 10.6. The van der Waals surface area contributed by atoms with Gasteiger partial charge in [-0.2, -0.15) is 0 Å². The second kappa shape index (κ2) is 8.12. The molecule has 156 valence electrons. The Hall–Kier alpha value is -2.71. The summed E-state index contributed by atoms with van der Waals surface area (Å²) in [7, 11) is 0. The predicted octanol–water partition coefficient (Wildman–Crippen LogP) is 3.19. The van der Waals surface area contributed by atoms with Gasteiger partial charge in [0.2, 0.25) is 0 Å². The van der Waals surface area contributed by atoms with Crippen LogP contribution >= 0.6 is 0 Å². The zero-order valence-corrected chi connectivity index (χ0v) is 17.4. The lowest BCUT2D eigenvalue weighted by Crippen LogP contribution is -2.50. The van der Waals surface area contributed by atoms with E-state index in [2.05, 4.69) is 10.3 Å². The van der Waals surface area contributed by atoms with E-state index in [4.69, 9.17) is 9.47 Å². The van der Waals surface area contributed by atoms with Crippen LogP contribution in [-0.2, 0) is 9.47 Å². The van der Waals surface area contributed by atoms with Crippen molar-refractivity contribution in [3.8, 4) is 5.75 Å². The quantitative estimate of drug-likeness (QED) is 0.794. The first-order chi connectivity index (χ1) is 12.8. The Morgan fingerprint density at radius 1 is 1.04 bits per heavy atom. The lowest BCUT2D eigenvalue weighted by Gasteiger charge is -2.36. The van der Waals surface area contributed by atoms with E-state index in [-0.39, 0.29) is 17.5 Å². The highest BCUT2D eigenvalue weighted by atomic mass is 16.6. The first-order valence-corrected chi connectivity index (χ1v) is 9.26. The minimum atomic E-state index is -0.658. The maximum atomic E-state index is 12.2. The molecule has 0 radical (unpaired) electrons. The molecule has 1 saturated heterocycles. The van der Waals surface area contributed by atoms with Gasteiger partial charge in [-0.15, -0.1) is 0 Å². The smallest absolute Gasteiger partial charge is 0.412 e. The fraction of sp³-hybridized carbons (Fsp3) is 0.632. The van der Waals surface area contributed by atoms with Gasteiger partial charge >= 0.3 is 12.2 Å². The SMILES string of the molecule is CC(C)(C)OC(=O)Nc1cc(N2CCN(C(=O)OC(C)(C)C)CC2)ncc1O. The van der Waals surface area contributed by atoms with Crippen molar-refractivity contribution in [2.45, 2.75) is 52.7 Å². The number of rotatable bonds is 2. The summed E-state index contributed by atoms with van der Waals surface area (Å²) in [4.78, 5) is 32.0. The average molecular weight is 394 g/mol. The zero-order valence-electron chi connectivity index (χ0n) is 17.4. The summed E-state index contributed by atoms with van der Waals surface area (Å²) in [6, 6.07) is 1.59. The highest BCUT2D eigenvalue weighted by molar-refractivity contribution is 5.87. The van der Waals surface area contributed by atoms with Gasteiger partial charge < -0.3 is 24.4 Å². The Labute approximate surface area is 165 Å². The van der Waals surface area contributed by atoms with Crippen molar-refractivity contribution in [2.24, 2.45) is 0 Å². The van der Waals surface area contributed by atoms with Gasteiger partial charge in [-0.3, -0.25) is 5.32 Å². The van der Waals surface area contributed by atoms with Gasteiger partial charge in [0.05, 0.1) is 11.9 Å². The van der Waals surface area contributed by atoms with Crippen LogP contribution in [0.1, 0.15) is 41.5 Å². The molecule has 0 spiro atoms. The summed E-state index contributed by atoms with van der Waals surface area (Å²) in [5.74, 6) is 0.440. The molecule has 0 aromatic carbocycles. The molecule has 0 aliphatic carbocycles. The maximum absolute atomic E-state index is 12.2. The number of aromatic hydroxyl groups is 1. The van der Waals surface area contributed by atoms with Gasteiger partial charge in [-0.1, -0.05) is 0 Å². The molecule has 9 nitrogen and oxygen atoms in total. The van der Waals surface area contributed by atoms with Crippen molar-refractivity contribution in [1.29, 1.82) is 0 Å². The van der Waals surface area contributed by atoms with Crippen molar-refractivity contribution in [3.05, 3.63) is 12.3 Å². The summed E-state index contributed by atoms with van der Waals surface area (Å²) in [6.45, 7) is 12.9. The first kappa shape index (κ1) is 21.6. The zero-order chi connectivity index (χ0) is 21.1. The second-order valence-corrected chi connectivity index (χ2v) is 8.64. The fourth-order valence-corrected chi connectivity index (χ4v) is 2.57. The lowest BCUT2D eigenvalue weighted by atomic mass is 10.2. The number of aromatic nitrogens is 1. The summed E-state index contributed by atoms with van der Waals surface area (Å²) in [5, 5.41) is 12.5. The molecule has 0 bridgehead atoms. The minimum Gasteiger partial charge on any atom is -0.504 e. The minimum absolute atomic E-state index is 0.151. The molecular weight excluding hydrogens is 364 g/mol. The fourth-order valence-electron chi connectivity index (χ4n) is 2.57. The van der Waals surface area contributed by atoms with E-state index >= 15 is 0 Å². The monoisotopic (exact) mass is 394 g/mol. The maximum Gasteiger partial charge on any atom is 0.412 e. The van der Waals surface area contributed by atoms with E-state index in [9.17, 15) is 14.7 Å². The molecule has 1 aliphatic rings. The summed E-state index contributed by atoms with van der Waals surface area (Å²) in [6.07, 6.45) is 0.287. The molecule has 0 atom stereocenters. The van der Waals surface area contributed by atoms with E-state index in [1.807, 2.05) is 25.7 Å². The average Bonchev–Trinajstić information content (AvgIpc) is 2.54. The molecule has 9 heteroatoms. The van der Waals surface area contributed by atoms with Crippen molar-refractivity contribution >= 4 is 23.7 Å². The van der Waals surface area contributed by atoms with E-state index in [0.717, 1.165) is 0 Å². The van der Waals surface area contributed by atoms with Gasteiger partial charge in [-0.25, -0.2) is 14.6 Å². The number of carbonyl (C=O) groups is 2. The number of nitrogens with zero attached hydrogens (tertiary/aromatic N) is 3. The van der Waals surface area contributed by atoms with Crippen molar-refractivity contribution in [1.82, 2.24) is 9.88 Å². The lowest BCUT2D eigenvalue weighted by molar-refractivity contribution is 0.0240. The van der Waals surface area contributed by atoms with Crippen LogP contribution in [0.3, 0.4) is 0 Å². The van der Waals surface area contributed by atoms with Gasteiger partial charge in [0.15, 0.2) is 5.75 Å².